The molecule has 0 unspecified atom stereocenters. The molecule has 120 valence electrons. The molecular formula is C14H17FN2O4S. The minimum atomic E-state index is -3.93. The van der Waals surface area contributed by atoms with E-state index in [9.17, 15) is 17.6 Å². The molecule has 3 rings (SSSR count). The molecule has 1 heterocycles. The van der Waals surface area contributed by atoms with Gasteiger partial charge in [0.15, 0.2) is 0 Å². The van der Waals surface area contributed by atoms with Crippen molar-refractivity contribution >= 4 is 21.6 Å². The molecule has 1 aliphatic carbocycles. The summed E-state index contributed by atoms with van der Waals surface area (Å²) in [6, 6.07) is 3.62. The van der Waals surface area contributed by atoms with Gasteiger partial charge >= 0.3 is 0 Å². The van der Waals surface area contributed by atoms with Crippen LogP contribution in [0.4, 0.5) is 10.1 Å². The molecule has 8 heteroatoms. The first-order valence-corrected chi connectivity index (χ1v) is 8.61. The zero-order valence-electron chi connectivity index (χ0n) is 11.9. The molecule has 2 fully saturated rings. The number of sulfonamides is 1. The third kappa shape index (κ3) is 3.13. The number of carbonyl (C=O) groups excluding carboxylic acids is 1. The molecule has 0 radical (unpaired) electrons. The molecular weight excluding hydrogens is 311 g/mol. The highest BCUT2D eigenvalue weighted by molar-refractivity contribution is 7.89. The van der Waals surface area contributed by atoms with Gasteiger partial charge in [-0.05, 0) is 31.0 Å². The van der Waals surface area contributed by atoms with Crippen LogP contribution in [0.1, 0.15) is 12.8 Å². The Hall–Kier alpha value is -1.51. The summed E-state index contributed by atoms with van der Waals surface area (Å²) < 4.78 is 45.3. The maximum absolute atomic E-state index is 14.0. The van der Waals surface area contributed by atoms with Crippen LogP contribution in [-0.2, 0) is 19.6 Å². The SMILES string of the molecule is O=C(Nc1ccc(F)c(S(=O)(=O)N2CCOCC2)c1)C1CC1. The second kappa shape index (κ2) is 5.94. The average molecular weight is 328 g/mol. The second-order valence-electron chi connectivity index (χ2n) is 5.43. The molecule has 1 saturated carbocycles. The number of carbonyl (C=O) groups is 1. The van der Waals surface area contributed by atoms with Gasteiger partial charge in [-0.3, -0.25) is 4.79 Å². The lowest BCUT2D eigenvalue weighted by Crippen LogP contribution is -2.40. The summed E-state index contributed by atoms with van der Waals surface area (Å²) in [6.07, 6.45) is 1.68. The molecule has 0 bridgehead atoms. The number of anilines is 1. The first kappa shape index (κ1) is 15.4. The molecule has 6 nitrogen and oxygen atoms in total. The van der Waals surface area contributed by atoms with Gasteiger partial charge in [-0.25, -0.2) is 12.8 Å². The smallest absolute Gasteiger partial charge is 0.246 e. The summed E-state index contributed by atoms with van der Waals surface area (Å²) in [4.78, 5) is 11.3. The summed E-state index contributed by atoms with van der Waals surface area (Å²) in [5, 5.41) is 2.63. The van der Waals surface area contributed by atoms with Crippen molar-refractivity contribution in [1.82, 2.24) is 4.31 Å². The fourth-order valence-electron chi connectivity index (χ4n) is 2.29. The number of halogens is 1. The number of benzene rings is 1. The minimum Gasteiger partial charge on any atom is -0.379 e. The van der Waals surface area contributed by atoms with E-state index >= 15 is 0 Å². The number of rotatable bonds is 4. The Morgan fingerprint density at radius 2 is 1.95 bits per heavy atom. The van der Waals surface area contributed by atoms with Gasteiger partial charge in [0.25, 0.3) is 0 Å². The van der Waals surface area contributed by atoms with Gasteiger partial charge in [-0.2, -0.15) is 4.31 Å². The van der Waals surface area contributed by atoms with E-state index in [1.807, 2.05) is 0 Å². The van der Waals surface area contributed by atoms with Crippen molar-refractivity contribution in [3.8, 4) is 0 Å². The van der Waals surface area contributed by atoms with Crippen LogP contribution >= 0.6 is 0 Å². The van der Waals surface area contributed by atoms with E-state index in [2.05, 4.69) is 5.32 Å². The quantitative estimate of drug-likeness (QED) is 0.901. The van der Waals surface area contributed by atoms with Gasteiger partial charge in [-0.15, -0.1) is 0 Å². The molecule has 1 saturated heterocycles. The number of hydrogen-bond acceptors (Lipinski definition) is 4. The summed E-state index contributed by atoms with van der Waals surface area (Å²) in [5.41, 5.74) is 0.296. The zero-order chi connectivity index (χ0) is 15.7. The fraction of sp³-hybridized carbons (Fsp3) is 0.500. The van der Waals surface area contributed by atoms with E-state index in [1.54, 1.807) is 0 Å². The van der Waals surface area contributed by atoms with Crippen LogP contribution in [0, 0.1) is 11.7 Å². The highest BCUT2D eigenvalue weighted by atomic mass is 32.2. The Labute approximate surface area is 128 Å². The van der Waals surface area contributed by atoms with E-state index in [-0.39, 0.29) is 24.9 Å². The van der Waals surface area contributed by atoms with E-state index < -0.39 is 20.7 Å². The second-order valence-corrected chi connectivity index (χ2v) is 7.33. The van der Waals surface area contributed by atoms with Gasteiger partial charge in [0.2, 0.25) is 15.9 Å². The molecule has 1 N–H and O–H groups in total. The minimum absolute atomic E-state index is 0.00986. The maximum Gasteiger partial charge on any atom is 0.246 e. The van der Waals surface area contributed by atoms with Gasteiger partial charge in [0.1, 0.15) is 10.7 Å². The Bertz CT molecular complexity index is 682. The van der Waals surface area contributed by atoms with Crippen LogP contribution in [0.2, 0.25) is 0 Å². The van der Waals surface area contributed by atoms with Crippen LogP contribution in [-0.4, -0.2) is 44.9 Å². The van der Waals surface area contributed by atoms with Crippen LogP contribution in [0.25, 0.3) is 0 Å². The molecule has 2 aliphatic rings. The average Bonchev–Trinajstić information content (AvgIpc) is 3.35. The summed E-state index contributed by atoms with van der Waals surface area (Å²) in [7, 11) is -3.93. The Kier molecular flexibility index (Phi) is 4.16. The maximum atomic E-state index is 14.0. The monoisotopic (exact) mass is 328 g/mol. The van der Waals surface area contributed by atoms with Crippen LogP contribution in [0.3, 0.4) is 0 Å². The summed E-state index contributed by atoms with van der Waals surface area (Å²) in [6.45, 7) is 0.971. The number of nitrogens with one attached hydrogen (secondary N) is 1. The van der Waals surface area contributed by atoms with Crippen molar-refractivity contribution in [3.63, 3.8) is 0 Å². The predicted octanol–water partition coefficient (Wildman–Crippen LogP) is 1.20. The van der Waals surface area contributed by atoms with Crippen molar-refractivity contribution in [1.29, 1.82) is 0 Å². The number of morpholine rings is 1. The zero-order valence-corrected chi connectivity index (χ0v) is 12.7. The predicted molar refractivity (Wildman–Crippen MR) is 77.3 cm³/mol. The molecule has 0 spiro atoms. The molecule has 1 aromatic rings. The van der Waals surface area contributed by atoms with E-state index in [0.717, 1.165) is 18.9 Å². The molecule has 1 aliphatic heterocycles. The molecule has 0 atom stereocenters. The lowest BCUT2D eigenvalue weighted by Gasteiger charge is -2.26. The number of hydrogen-bond donors (Lipinski definition) is 1. The van der Waals surface area contributed by atoms with Crippen molar-refractivity contribution in [3.05, 3.63) is 24.0 Å². The van der Waals surface area contributed by atoms with Gasteiger partial charge in [0.05, 0.1) is 13.2 Å². The lowest BCUT2D eigenvalue weighted by molar-refractivity contribution is -0.117. The van der Waals surface area contributed by atoms with Crippen LogP contribution in [0.5, 0.6) is 0 Å². The standard InChI is InChI=1S/C14H17FN2O4S/c15-12-4-3-11(16-14(18)10-1-2-10)9-13(12)22(19,20)17-5-7-21-8-6-17/h3-4,9-10H,1-2,5-8H2,(H,16,18). The molecule has 1 aromatic carbocycles. The van der Waals surface area contributed by atoms with Crippen molar-refractivity contribution < 1.29 is 22.3 Å². The van der Waals surface area contributed by atoms with Crippen molar-refractivity contribution in [2.24, 2.45) is 5.92 Å². The topological polar surface area (TPSA) is 75.7 Å². The van der Waals surface area contributed by atoms with Gasteiger partial charge in [-0.1, -0.05) is 0 Å². The van der Waals surface area contributed by atoms with E-state index in [1.165, 1.54) is 16.4 Å². The highest BCUT2D eigenvalue weighted by Gasteiger charge is 2.31. The Morgan fingerprint density at radius 3 is 2.59 bits per heavy atom. The summed E-state index contributed by atoms with van der Waals surface area (Å²) in [5.74, 6) is -0.985. The highest BCUT2D eigenvalue weighted by Crippen LogP contribution is 2.31. The number of amides is 1. The third-order valence-corrected chi connectivity index (χ3v) is 5.65. The third-order valence-electron chi connectivity index (χ3n) is 3.73. The van der Waals surface area contributed by atoms with E-state index in [0.29, 0.717) is 18.9 Å². The van der Waals surface area contributed by atoms with Gasteiger partial charge in [0, 0.05) is 24.7 Å². The van der Waals surface area contributed by atoms with Gasteiger partial charge < -0.3 is 10.1 Å². The first-order chi connectivity index (χ1) is 10.5. The fourth-order valence-corrected chi connectivity index (χ4v) is 3.79. The lowest BCUT2D eigenvalue weighted by atomic mass is 10.3. The first-order valence-electron chi connectivity index (χ1n) is 7.17. The molecule has 22 heavy (non-hydrogen) atoms. The number of ether oxygens (including phenoxy) is 1. The van der Waals surface area contributed by atoms with Crippen LogP contribution < -0.4 is 5.32 Å². The van der Waals surface area contributed by atoms with Crippen molar-refractivity contribution in [2.75, 3.05) is 31.6 Å². The number of nitrogens with zero attached hydrogens (tertiary/aromatic N) is 1. The molecule has 0 aromatic heterocycles. The normalized spacial score (nSPS) is 19.9. The van der Waals surface area contributed by atoms with Crippen molar-refractivity contribution in [2.45, 2.75) is 17.7 Å². The molecule has 1 amide bonds. The summed E-state index contributed by atoms with van der Waals surface area (Å²) >= 11 is 0. The Morgan fingerprint density at radius 1 is 1.27 bits per heavy atom. The Balaban J connectivity index is 1.86. The largest absolute Gasteiger partial charge is 0.379 e. The van der Waals surface area contributed by atoms with E-state index in [4.69, 9.17) is 4.74 Å². The van der Waals surface area contributed by atoms with Crippen LogP contribution in [0.15, 0.2) is 23.1 Å².